The predicted molar refractivity (Wildman–Crippen MR) is 117 cm³/mol. The number of nitrogens with zero attached hydrogens (tertiary/aromatic N) is 1. The van der Waals surface area contributed by atoms with Gasteiger partial charge in [0.25, 0.3) is 0 Å². The summed E-state index contributed by atoms with van der Waals surface area (Å²) in [6.45, 7) is 0. The number of hydrogen-bond acceptors (Lipinski definition) is 6. The van der Waals surface area contributed by atoms with Gasteiger partial charge in [-0.3, -0.25) is 9.59 Å². The molecule has 152 valence electrons. The number of ether oxygens (including phenoxy) is 1. The molecule has 0 aliphatic rings. The second kappa shape index (κ2) is 10.0. The summed E-state index contributed by atoms with van der Waals surface area (Å²) in [5.41, 5.74) is 2.72. The third-order valence-electron chi connectivity index (χ3n) is 3.60. The minimum absolute atomic E-state index is 0.194. The number of nitrogens with one attached hydrogen (secondary N) is 2. The summed E-state index contributed by atoms with van der Waals surface area (Å²) in [6.07, 6.45) is 1.26. The van der Waals surface area contributed by atoms with Crippen molar-refractivity contribution in [2.75, 3.05) is 5.32 Å². The van der Waals surface area contributed by atoms with Gasteiger partial charge in [0.1, 0.15) is 10.6 Å². The first-order valence-corrected chi connectivity index (χ1v) is 10.0. The molecule has 1 aromatic heterocycles. The number of carbonyl (C=O) groups is 3. The molecule has 1 heterocycles. The number of rotatable bonds is 5. The average Bonchev–Trinajstić information content (AvgIpc) is 3.27. The van der Waals surface area contributed by atoms with Crippen LogP contribution in [-0.2, 0) is 9.59 Å². The lowest BCUT2D eigenvalue weighted by molar-refractivity contribution is -0.136. The van der Waals surface area contributed by atoms with Gasteiger partial charge in [0, 0.05) is 10.6 Å². The molecule has 10 heteroatoms. The standard InChI is InChI=1S/C20H13Cl2N3O4S/c21-13-7-8-14(22)15(10-13)24-18(26)19(27)25-23-11-12-4-1-2-5-16(12)29-20(28)17-6-3-9-30-17/h1-11H,(H,24,26)(H,25,27)/b23-11+. The quantitative estimate of drug-likeness (QED) is 0.194. The van der Waals surface area contributed by atoms with Crippen molar-refractivity contribution in [3.8, 4) is 5.75 Å². The van der Waals surface area contributed by atoms with Crippen molar-refractivity contribution >= 4 is 64.2 Å². The fourth-order valence-corrected chi connectivity index (χ4v) is 3.14. The van der Waals surface area contributed by atoms with E-state index in [0.29, 0.717) is 15.5 Å². The minimum Gasteiger partial charge on any atom is -0.422 e. The zero-order valence-corrected chi connectivity index (χ0v) is 17.4. The van der Waals surface area contributed by atoms with Crippen LogP contribution in [0.25, 0.3) is 0 Å². The van der Waals surface area contributed by atoms with E-state index in [0.717, 1.165) is 0 Å². The van der Waals surface area contributed by atoms with Crippen LogP contribution in [0.2, 0.25) is 10.0 Å². The molecule has 2 N–H and O–H groups in total. The van der Waals surface area contributed by atoms with Crippen LogP contribution in [0.1, 0.15) is 15.2 Å². The average molecular weight is 462 g/mol. The lowest BCUT2D eigenvalue weighted by atomic mass is 10.2. The van der Waals surface area contributed by atoms with Gasteiger partial charge in [-0.05, 0) is 41.8 Å². The van der Waals surface area contributed by atoms with Gasteiger partial charge in [-0.2, -0.15) is 5.10 Å². The zero-order valence-electron chi connectivity index (χ0n) is 15.1. The molecule has 0 unspecified atom stereocenters. The third-order valence-corrected chi connectivity index (χ3v) is 5.01. The Morgan fingerprint density at radius 3 is 2.57 bits per heavy atom. The maximum absolute atomic E-state index is 12.1. The fourth-order valence-electron chi connectivity index (χ4n) is 2.21. The molecule has 2 aromatic carbocycles. The van der Waals surface area contributed by atoms with E-state index in [1.165, 1.54) is 29.7 Å². The summed E-state index contributed by atoms with van der Waals surface area (Å²) >= 11 is 13.1. The predicted octanol–water partition coefficient (Wildman–Crippen LogP) is 4.36. The van der Waals surface area contributed by atoms with E-state index in [9.17, 15) is 14.4 Å². The highest BCUT2D eigenvalue weighted by molar-refractivity contribution is 7.12. The first-order chi connectivity index (χ1) is 14.4. The molecule has 0 saturated heterocycles. The highest BCUT2D eigenvalue weighted by Crippen LogP contribution is 2.25. The van der Waals surface area contributed by atoms with Crippen LogP contribution in [0.4, 0.5) is 5.69 Å². The Hall–Kier alpha value is -3.20. The van der Waals surface area contributed by atoms with E-state index >= 15 is 0 Å². The normalized spacial score (nSPS) is 10.6. The lowest BCUT2D eigenvalue weighted by Crippen LogP contribution is -2.32. The summed E-state index contributed by atoms with van der Waals surface area (Å²) in [6, 6.07) is 14.5. The maximum atomic E-state index is 12.1. The largest absolute Gasteiger partial charge is 0.422 e. The molecule has 2 amide bonds. The molecule has 0 fully saturated rings. The van der Waals surface area contributed by atoms with Crippen LogP contribution < -0.4 is 15.5 Å². The molecule has 0 bridgehead atoms. The zero-order chi connectivity index (χ0) is 21.5. The second-order valence-electron chi connectivity index (χ2n) is 5.68. The Labute approximate surface area is 185 Å². The molecule has 3 aromatic rings. The Morgan fingerprint density at radius 2 is 1.80 bits per heavy atom. The van der Waals surface area contributed by atoms with Crippen LogP contribution >= 0.6 is 34.5 Å². The first kappa shape index (κ1) is 21.5. The van der Waals surface area contributed by atoms with Crippen molar-refractivity contribution in [2.45, 2.75) is 0 Å². The Kier molecular flexibility index (Phi) is 7.18. The van der Waals surface area contributed by atoms with E-state index in [4.69, 9.17) is 27.9 Å². The van der Waals surface area contributed by atoms with E-state index in [1.807, 2.05) is 0 Å². The van der Waals surface area contributed by atoms with Gasteiger partial charge in [-0.1, -0.05) is 41.4 Å². The van der Waals surface area contributed by atoms with Gasteiger partial charge in [-0.25, -0.2) is 10.2 Å². The van der Waals surface area contributed by atoms with Crippen molar-refractivity contribution in [2.24, 2.45) is 5.10 Å². The summed E-state index contributed by atoms with van der Waals surface area (Å²) in [4.78, 5) is 36.5. The van der Waals surface area contributed by atoms with Crippen molar-refractivity contribution in [3.05, 3.63) is 80.5 Å². The highest BCUT2D eigenvalue weighted by atomic mass is 35.5. The number of amides is 2. The summed E-state index contributed by atoms with van der Waals surface area (Å²) < 4.78 is 5.36. The molecule has 0 spiro atoms. The molecule has 0 aliphatic carbocycles. The van der Waals surface area contributed by atoms with Crippen molar-refractivity contribution in [3.63, 3.8) is 0 Å². The van der Waals surface area contributed by atoms with Crippen molar-refractivity contribution < 1.29 is 19.1 Å². The molecule has 0 radical (unpaired) electrons. The van der Waals surface area contributed by atoms with Gasteiger partial charge in [0.2, 0.25) is 0 Å². The Morgan fingerprint density at radius 1 is 1.00 bits per heavy atom. The number of hydrazone groups is 1. The molecule has 0 atom stereocenters. The molecular weight excluding hydrogens is 449 g/mol. The molecule has 0 saturated carbocycles. The Balaban J connectivity index is 1.62. The van der Waals surface area contributed by atoms with Crippen LogP contribution in [-0.4, -0.2) is 24.0 Å². The van der Waals surface area contributed by atoms with Crippen LogP contribution in [0.3, 0.4) is 0 Å². The number of esters is 1. The number of hydrogen-bond donors (Lipinski definition) is 2. The minimum atomic E-state index is -1.02. The molecule has 0 aliphatic heterocycles. The van der Waals surface area contributed by atoms with E-state index < -0.39 is 17.8 Å². The van der Waals surface area contributed by atoms with E-state index in [-0.39, 0.29) is 16.5 Å². The number of thiophene rings is 1. The van der Waals surface area contributed by atoms with Crippen LogP contribution in [0.5, 0.6) is 5.75 Å². The molecule has 3 rings (SSSR count). The highest BCUT2D eigenvalue weighted by Gasteiger charge is 2.15. The number of halogens is 2. The summed E-state index contributed by atoms with van der Waals surface area (Å²) in [5.74, 6) is -2.25. The third kappa shape index (κ3) is 5.66. The number of carbonyl (C=O) groups excluding carboxylic acids is 3. The first-order valence-electron chi connectivity index (χ1n) is 8.38. The fraction of sp³-hybridized carbons (Fsp3) is 0. The smallest absolute Gasteiger partial charge is 0.353 e. The monoisotopic (exact) mass is 461 g/mol. The Bertz CT molecular complexity index is 1120. The number of benzene rings is 2. The molecular formula is C20H13Cl2N3O4S. The maximum Gasteiger partial charge on any atom is 0.353 e. The summed E-state index contributed by atoms with van der Waals surface area (Å²) in [7, 11) is 0. The van der Waals surface area contributed by atoms with Gasteiger partial charge in [-0.15, -0.1) is 11.3 Å². The molecule has 30 heavy (non-hydrogen) atoms. The van der Waals surface area contributed by atoms with E-state index in [2.05, 4.69) is 15.8 Å². The summed E-state index contributed by atoms with van der Waals surface area (Å²) in [5, 5.41) is 8.43. The number of para-hydroxylation sites is 1. The lowest BCUT2D eigenvalue weighted by Gasteiger charge is -2.07. The molecule has 7 nitrogen and oxygen atoms in total. The van der Waals surface area contributed by atoms with Gasteiger partial charge >= 0.3 is 17.8 Å². The topological polar surface area (TPSA) is 96.9 Å². The van der Waals surface area contributed by atoms with E-state index in [1.54, 1.807) is 47.8 Å². The van der Waals surface area contributed by atoms with Gasteiger partial charge < -0.3 is 10.1 Å². The second-order valence-corrected chi connectivity index (χ2v) is 7.47. The van der Waals surface area contributed by atoms with Crippen molar-refractivity contribution in [1.29, 1.82) is 0 Å². The van der Waals surface area contributed by atoms with Crippen molar-refractivity contribution in [1.82, 2.24) is 5.43 Å². The van der Waals surface area contributed by atoms with Crippen LogP contribution in [0.15, 0.2) is 65.1 Å². The van der Waals surface area contributed by atoms with Gasteiger partial charge in [0.15, 0.2) is 0 Å². The number of anilines is 1. The van der Waals surface area contributed by atoms with Gasteiger partial charge in [0.05, 0.1) is 16.9 Å². The SMILES string of the molecule is O=C(N/N=C/c1ccccc1OC(=O)c1cccs1)C(=O)Nc1cc(Cl)ccc1Cl. The van der Waals surface area contributed by atoms with Crippen LogP contribution in [0, 0.1) is 0 Å².